The summed E-state index contributed by atoms with van der Waals surface area (Å²) in [4.78, 5) is 32.3. The molecule has 0 spiro atoms. The zero-order valence-corrected chi connectivity index (χ0v) is 25.3. The predicted molar refractivity (Wildman–Crippen MR) is 158 cm³/mol. The Bertz CT molecular complexity index is 1630. The van der Waals surface area contributed by atoms with E-state index in [9.17, 15) is 9.59 Å². The fraction of sp³-hybridized carbons (Fsp3) is 0.387. The highest BCUT2D eigenvalue weighted by Crippen LogP contribution is 2.36. The van der Waals surface area contributed by atoms with Crippen LogP contribution in [0.2, 0.25) is 0 Å². The number of nitrogens with zero attached hydrogens (tertiary/aromatic N) is 2. The van der Waals surface area contributed by atoms with Crippen molar-refractivity contribution < 1.29 is 28.5 Å². The van der Waals surface area contributed by atoms with Crippen molar-refractivity contribution in [3.05, 3.63) is 78.5 Å². The number of hydrogen-bond acceptors (Lipinski definition) is 9. The van der Waals surface area contributed by atoms with Gasteiger partial charge < -0.3 is 23.7 Å². The van der Waals surface area contributed by atoms with Crippen molar-refractivity contribution in [2.24, 2.45) is 10.9 Å². The number of methoxy groups -OCH3 is 3. The fourth-order valence-electron chi connectivity index (χ4n) is 4.58. The number of ether oxygens (including phenoxy) is 5. The number of benzene rings is 2. The van der Waals surface area contributed by atoms with Crippen molar-refractivity contribution in [3.63, 3.8) is 0 Å². The number of hydrogen-bond donors (Lipinski definition) is 0. The first-order valence-electron chi connectivity index (χ1n) is 13.4. The van der Waals surface area contributed by atoms with Crippen LogP contribution in [0, 0.1) is 5.92 Å². The maximum atomic E-state index is 13.9. The van der Waals surface area contributed by atoms with Crippen LogP contribution >= 0.6 is 11.3 Å². The zero-order chi connectivity index (χ0) is 29.7. The summed E-state index contributed by atoms with van der Waals surface area (Å²) in [5.41, 5.74) is 1.94. The Labute approximate surface area is 243 Å². The van der Waals surface area contributed by atoms with Crippen LogP contribution < -0.4 is 33.8 Å². The van der Waals surface area contributed by atoms with Gasteiger partial charge in [0.25, 0.3) is 5.56 Å². The fourth-order valence-corrected chi connectivity index (χ4v) is 5.63. The van der Waals surface area contributed by atoms with Gasteiger partial charge in [0.2, 0.25) is 0 Å². The van der Waals surface area contributed by atoms with E-state index in [4.69, 9.17) is 23.7 Å². The molecule has 4 rings (SSSR count). The lowest BCUT2D eigenvalue weighted by Crippen LogP contribution is -2.40. The van der Waals surface area contributed by atoms with E-state index in [0.29, 0.717) is 61.7 Å². The Morgan fingerprint density at radius 3 is 2.37 bits per heavy atom. The van der Waals surface area contributed by atoms with Gasteiger partial charge in [0.1, 0.15) is 0 Å². The molecule has 2 aromatic carbocycles. The zero-order valence-electron chi connectivity index (χ0n) is 24.5. The summed E-state index contributed by atoms with van der Waals surface area (Å²) in [5, 5.41) is 0. The number of aromatic nitrogens is 1. The van der Waals surface area contributed by atoms with E-state index < -0.39 is 12.0 Å². The molecular weight excluding hydrogens is 544 g/mol. The van der Waals surface area contributed by atoms with Gasteiger partial charge in [0, 0.05) is 0 Å². The van der Waals surface area contributed by atoms with Gasteiger partial charge in [0.15, 0.2) is 27.8 Å². The standard InChI is InChI=1S/C31H36N2O7S/c1-8-39-30(35)27-19(4)32-31-33(28(27)21-10-12-23(25(17-21)38-7)40-14-13-18(2)3)29(34)26(41-31)16-20-9-11-22(36-5)24(15-20)37-6/h9-12,15-18,28H,8,13-14H2,1-7H3/b26-16-. The average Bonchev–Trinajstić information content (AvgIpc) is 3.26. The predicted octanol–water partition coefficient (Wildman–Crippen LogP) is 4.25. The minimum atomic E-state index is -0.767. The summed E-state index contributed by atoms with van der Waals surface area (Å²) in [6.07, 6.45) is 2.68. The number of fused-ring (bicyclic) bond motifs is 1. The quantitative estimate of drug-likeness (QED) is 0.313. The monoisotopic (exact) mass is 580 g/mol. The normalized spacial score (nSPS) is 14.9. The van der Waals surface area contributed by atoms with E-state index in [1.165, 1.54) is 11.3 Å². The van der Waals surface area contributed by atoms with Crippen LogP contribution in [0.5, 0.6) is 23.0 Å². The number of thiazole rings is 1. The highest BCUT2D eigenvalue weighted by Gasteiger charge is 2.34. The van der Waals surface area contributed by atoms with Crippen LogP contribution in [0.25, 0.3) is 6.08 Å². The Morgan fingerprint density at radius 1 is 1.02 bits per heavy atom. The largest absolute Gasteiger partial charge is 0.493 e. The third kappa shape index (κ3) is 6.32. The van der Waals surface area contributed by atoms with Gasteiger partial charge in [-0.3, -0.25) is 9.36 Å². The minimum absolute atomic E-state index is 0.192. The van der Waals surface area contributed by atoms with Crippen molar-refractivity contribution in [1.82, 2.24) is 4.57 Å². The van der Waals surface area contributed by atoms with E-state index in [-0.39, 0.29) is 12.2 Å². The van der Waals surface area contributed by atoms with E-state index in [1.807, 2.05) is 18.2 Å². The van der Waals surface area contributed by atoms with E-state index >= 15 is 0 Å². The SMILES string of the molecule is CCOC(=O)C1=C(C)N=c2s/c(=C\c3ccc(OC)c(OC)c3)c(=O)n2C1c1ccc(OCCC(C)C)c(OC)c1. The van der Waals surface area contributed by atoms with Crippen molar-refractivity contribution in [3.8, 4) is 23.0 Å². The number of esters is 1. The highest BCUT2D eigenvalue weighted by molar-refractivity contribution is 7.07. The molecule has 0 N–H and O–H groups in total. The van der Waals surface area contributed by atoms with Crippen LogP contribution in [0.4, 0.5) is 0 Å². The summed E-state index contributed by atoms with van der Waals surface area (Å²) in [5.74, 6) is 2.22. The second kappa shape index (κ2) is 13.1. The summed E-state index contributed by atoms with van der Waals surface area (Å²) in [7, 11) is 4.69. The average molecular weight is 581 g/mol. The lowest BCUT2D eigenvalue weighted by Gasteiger charge is -2.25. The van der Waals surface area contributed by atoms with Crippen LogP contribution in [-0.4, -0.2) is 45.1 Å². The maximum Gasteiger partial charge on any atom is 0.338 e. The molecule has 1 aliphatic rings. The molecule has 2 heterocycles. The molecule has 0 fully saturated rings. The van der Waals surface area contributed by atoms with E-state index in [2.05, 4.69) is 18.8 Å². The second-order valence-electron chi connectivity index (χ2n) is 9.86. The smallest absolute Gasteiger partial charge is 0.338 e. The Balaban J connectivity index is 1.87. The highest BCUT2D eigenvalue weighted by atomic mass is 32.1. The molecule has 1 atom stereocenters. The van der Waals surface area contributed by atoms with Crippen molar-refractivity contribution in [2.75, 3.05) is 34.5 Å². The molecule has 0 aliphatic carbocycles. The first-order valence-corrected chi connectivity index (χ1v) is 14.3. The molecular formula is C31H36N2O7S. The van der Waals surface area contributed by atoms with Gasteiger partial charge in [-0.25, -0.2) is 9.79 Å². The Hall–Kier alpha value is -4.05. The third-order valence-corrected chi connectivity index (χ3v) is 7.66. The molecule has 3 aromatic rings. The first-order chi connectivity index (χ1) is 19.7. The molecule has 1 aromatic heterocycles. The van der Waals surface area contributed by atoms with Crippen LogP contribution in [0.15, 0.2) is 57.5 Å². The molecule has 1 unspecified atom stereocenters. The first kappa shape index (κ1) is 29.9. The lowest BCUT2D eigenvalue weighted by atomic mass is 9.95. The topological polar surface area (TPSA) is 97.6 Å². The maximum absolute atomic E-state index is 13.9. The second-order valence-corrected chi connectivity index (χ2v) is 10.9. The minimum Gasteiger partial charge on any atom is -0.493 e. The van der Waals surface area contributed by atoms with Gasteiger partial charge in [-0.1, -0.05) is 37.3 Å². The van der Waals surface area contributed by atoms with Gasteiger partial charge in [-0.15, -0.1) is 0 Å². The number of allylic oxidation sites excluding steroid dienone is 1. The molecule has 9 nitrogen and oxygen atoms in total. The lowest BCUT2D eigenvalue weighted by molar-refractivity contribution is -0.139. The molecule has 218 valence electrons. The molecule has 0 bridgehead atoms. The van der Waals surface area contributed by atoms with Crippen molar-refractivity contribution >= 4 is 23.4 Å². The number of carbonyl (C=O) groups excluding carboxylic acids is 1. The van der Waals surface area contributed by atoms with Crippen LogP contribution in [0.1, 0.15) is 51.3 Å². The summed E-state index contributed by atoms with van der Waals surface area (Å²) < 4.78 is 29.8. The molecule has 0 saturated heterocycles. The molecule has 0 amide bonds. The van der Waals surface area contributed by atoms with Crippen molar-refractivity contribution in [1.29, 1.82) is 0 Å². The number of rotatable bonds is 11. The molecule has 0 radical (unpaired) electrons. The Morgan fingerprint density at radius 2 is 1.71 bits per heavy atom. The van der Waals surface area contributed by atoms with Crippen LogP contribution in [0.3, 0.4) is 0 Å². The van der Waals surface area contributed by atoms with Crippen molar-refractivity contribution in [2.45, 2.75) is 40.2 Å². The van der Waals surface area contributed by atoms with E-state index in [0.717, 1.165) is 12.0 Å². The summed E-state index contributed by atoms with van der Waals surface area (Å²) in [6, 6.07) is 10.1. The van der Waals surface area contributed by atoms with E-state index in [1.54, 1.807) is 64.0 Å². The van der Waals surface area contributed by atoms with Gasteiger partial charge >= 0.3 is 5.97 Å². The molecule has 0 saturated carbocycles. The van der Waals surface area contributed by atoms with Gasteiger partial charge in [-0.2, -0.15) is 0 Å². The molecule has 41 heavy (non-hydrogen) atoms. The van der Waals surface area contributed by atoms with Crippen LogP contribution in [-0.2, 0) is 9.53 Å². The summed E-state index contributed by atoms with van der Waals surface area (Å²) in [6.45, 7) is 8.51. The molecule has 1 aliphatic heterocycles. The van der Waals surface area contributed by atoms with Gasteiger partial charge in [-0.05, 0) is 67.7 Å². The summed E-state index contributed by atoms with van der Waals surface area (Å²) >= 11 is 1.25. The third-order valence-electron chi connectivity index (χ3n) is 6.68. The molecule has 10 heteroatoms. The Kier molecular flexibility index (Phi) is 9.54. The number of carbonyl (C=O) groups is 1. The van der Waals surface area contributed by atoms with Gasteiger partial charge in [0.05, 0.1) is 56.4 Å².